The van der Waals surface area contributed by atoms with Crippen LogP contribution >= 0.6 is 0 Å². The van der Waals surface area contributed by atoms with Crippen LogP contribution in [0.25, 0.3) is 11.0 Å². The Morgan fingerprint density at radius 1 is 0.897 bits per heavy atom. The number of nitrogens with one attached hydrogen (secondary N) is 1. The van der Waals surface area contributed by atoms with Gasteiger partial charge in [0.2, 0.25) is 5.91 Å². The average Bonchev–Trinajstić information content (AvgIpc) is 3.29. The molecule has 1 N–H and O–H groups in total. The van der Waals surface area contributed by atoms with Gasteiger partial charge in [-0.25, -0.2) is 4.98 Å². The molecule has 4 aromatic rings. The third kappa shape index (κ3) is 7.53. The molecule has 0 aliphatic rings. The summed E-state index contributed by atoms with van der Waals surface area (Å²) in [6.07, 6.45) is 4.14. The standard InChI is InChI=1S/C32H39N3O4/c1-23-13-14-24(2)29(20-23)39-19-18-35-27-11-8-7-10-26(27)34-31(35)12-6-5-9-17-33-32(36)22-25-15-16-28(37-3)30(21-25)38-4/h7-8,10-11,13-16,20-21H,5-6,9,12,17-19,22H2,1-4H3,(H,33,36). The summed E-state index contributed by atoms with van der Waals surface area (Å²) in [6, 6.07) is 20.1. The van der Waals surface area contributed by atoms with E-state index in [2.05, 4.69) is 60.1 Å². The molecule has 206 valence electrons. The predicted octanol–water partition coefficient (Wildman–Crippen LogP) is 5.82. The molecule has 1 amide bonds. The minimum absolute atomic E-state index is 0.00728. The van der Waals surface area contributed by atoms with E-state index in [1.807, 2.05) is 24.3 Å². The second kappa shape index (κ2) is 13.7. The number of aromatic nitrogens is 2. The van der Waals surface area contributed by atoms with Gasteiger partial charge in [0.25, 0.3) is 0 Å². The number of para-hydroxylation sites is 2. The molecular formula is C32H39N3O4. The molecule has 0 atom stereocenters. The van der Waals surface area contributed by atoms with Gasteiger partial charge in [-0.3, -0.25) is 4.79 Å². The molecule has 39 heavy (non-hydrogen) atoms. The zero-order valence-corrected chi connectivity index (χ0v) is 23.5. The maximum absolute atomic E-state index is 12.4. The van der Waals surface area contributed by atoms with Crippen molar-refractivity contribution in [3.63, 3.8) is 0 Å². The number of rotatable bonds is 14. The first-order valence-corrected chi connectivity index (χ1v) is 13.6. The van der Waals surface area contributed by atoms with Crippen molar-refractivity contribution < 1.29 is 19.0 Å². The van der Waals surface area contributed by atoms with Crippen LogP contribution in [0.4, 0.5) is 0 Å². The maximum atomic E-state index is 12.4. The highest BCUT2D eigenvalue weighted by Gasteiger charge is 2.12. The number of carbonyl (C=O) groups excluding carboxylic acids is 1. The Bertz CT molecular complexity index is 1400. The van der Waals surface area contributed by atoms with Gasteiger partial charge in [0, 0.05) is 13.0 Å². The van der Waals surface area contributed by atoms with Crippen molar-refractivity contribution in [2.45, 2.75) is 52.5 Å². The Labute approximate surface area is 231 Å². The number of benzene rings is 3. The lowest BCUT2D eigenvalue weighted by molar-refractivity contribution is -0.120. The summed E-state index contributed by atoms with van der Waals surface area (Å²) in [5, 5.41) is 3.03. The number of nitrogens with zero attached hydrogens (tertiary/aromatic N) is 2. The summed E-state index contributed by atoms with van der Waals surface area (Å²) in [6.45, 7) is 6.15. The molecule has 4 rings (SSSR count). The minimum Gasteiger partial charge on any atom is -0.493 e. The van der Waals surface area contributed by atoms with E-state index in [1.54, 1.807) is 14.2 Å². The van der Waals surface area contributed by atoms with Crippen LogP contribution in [0, 0.1) is 13.8 Å². The van der Waals surface area contributed by atoms with E-state index in [-0.39, 0.29) is 5.91 Å². The highest BCUT2D eigenvalue weighted by Crippen LogP contribution is 2.27. The third-order valence-electron chi connectivity index (χ3n) is 6.86. The lowest BCUT2D eigenvalue weighted by atomic mass is 10.1. The highest BCUT2D eigenvalue weighted by molar-refractivity contribution is 5.78. The van der Waals surface area contributed by atoms with Crippen LogP contribution in [-0.2, 0) is 24.2 Å². The van der Waals surface area contributed by atoms with E-state index < -0.39 is 0 Å². The number of unbranched alkanes of at least 4 members (excludes halogenated alkanes) is 2. The van der Waals surface area contributed by atoms with Gasteiger partial charge in [-0.15, -0.1) is 0 Å². The molecule has 3 aromatic carbocycles. The lowest BCUT2D eigenvalue weighted by Gasteiger charge is -2.13. The molecule has 0 radical (unpaired) electrons. The molecule has 0 saturated heterocycles. The summed E-state index contributed by atoms with van der Waals surface area (Å²) in [5.74, 6) is 3.31. The van der Waals surface area contributed by atoms with Crippen molar-refractivity contribution in [1.29, 1.82) is 0 Å². The first kappa shape index (κ1) is 28.0. The Morgan fingerprint density at radius 2 is 1.72 bits per heavy atom. The van der Waals surface area contributed by atoms with Gasteiger partial charge in [0.15, 0.2) is 11.5 Å². The molecule has 0 bridgehead atoms. The summed E-state index contributed by atoms with van der Waals surface area (Å²) < 4.78 is 19.0. The molecule has 0 spiro atoms. The predicted molar refractivity (Wildman–Crippen MR) is 155 cm³/mol. The number of hydrogen-bond acceptors (Lipinski definition) is 5. The lowest BCUT2D eigenvalue weighted by Crippen LogP contribution is -2.26. The van der Waals surface area contributed by atoms with E-state index in [4.69, 9.17) is 19.2 Å². The zero-order valence-electron chi connectivity index (χ0n) is 23.5. The van der Waals surface area contributed by atoms with Gasteiger partial charge < -0.3 is 24.1 Å². The molecule has 0 aliphatic heterocycles. The molecule has 1 aromatic heterocycles. The zero-order chi connectivity index (χ0) is 27.6. The molecular weight excluding hydrogens is 490 g/mol. The smallest absolute Gasteiger partial charge is 0.224 e. The second-order valence-electron chi connectivity index (χ2n) is 9.81. The van der Waals surface area contributed by atoms with E-state index in [9.17, 15) is 4.79 Å². The molecule has 0 fully saturated rings. The van der Waals surface area contributed by atoms with Gasteiger partial charge >= 0.3 is 0 Å². The van der Waals surface area contributed by atoms with Crippen molar-refractivity contribution in [3.8, 4) is 17.2 Å². The normalized spacial score (nSPS) is 11.0. The first-order chi connectivity index (χ1) is 19.0. The number of hydrogen-bond donors (Lipinski definition) is 1. The number of carbonyl (C=O) groups is 1. The largest absolute Gasteiger partial charge is 0.493 e. The average molecular weight is 530 g/mol. The topological polar surface area (TPSA) is 74.6 Å². The number of aryl methyl sites for hydroxylation is 3. The van der Waals surface area contributed by atoms with Crippen LogP contribution in [0.15, 0.2) is 60.7 Å². The fourth-order valence-electron chi connectivity index (χ4n) is 4.73. The van der Waals surface area contributed by atoms with Crippen LogP contribution < -0.4 is 19.5 Å². The number of ether oxygens (including phenoxy) is 3. The van der Waals surface area contributed by atoms with Crippen molar-refractivity contribution in [2.24, 2.45) is 0 Å². The SMILES string of the molecule is COc1ccc(CC(=O)NCCCCCc2nc3ccccc3n2CCOc2cc(C)ccc2C)cc1OC. The van der Waals surface area contributed by atoms with Crippen molar-refractivity contribution in [1.82, 2.24) is 14.9 Å². The quantitative estimate of drug-likeness (QED) is 0.208. The van der Waals surface area contributed by atoms with E-state index in [0.29, 0.717) is 31.1 Å². The Hall–Kier alpha value is -4.00. The molecule has 1 heterocycles. The Morgan fingerprint density at radius 3 is 2.54 bits per heavy atom. The van der Waals surface area contributed by atoms with Gasteiger partial charge in [0.05, 0.1) is 38.2 Å². The monoisotopic (exact) mass is 529 g/mol. The molecule has 0 unspecified atom stereocenters. The molecule has 7 heteroatoms. The van der Waals surface area contributed by atoms with Crippen LogP contribution in [0.1, 0.15) is 41.8 Å². The molecule has 7 nitrogen and oxygen atoms in total. The first-order valence-electron chi connectivity index (χ1n) is 13.6. The van der Waals surface area contributed by atoms with Crippen LogP contribution in [-0.4, -0.2) is 42.8 Å². The van der Waals surface area contributed by atoms with E-state index >= 15 is 0 Å². The number of amides is 1. The molecule has 0 saturated carbocycles. The summed E-state index contributed by atoms with van der Waals surface area (Å²) in [4.78, 5) is 17.3. The number of fused-ring (bicyclic) bond motifs is 1. The minimum atomic E-state index is 0.00728. The van der Waals surface area contributed by atoms with Gasteiger partial charge in [-0.2, -0.15) is 0 Å². The van der Waals surface area contributed by atoms with E-state index in [0.717, 1.165) is 66.0 Å². The van der Waals surface area contributed by atoms with Gasteiger partial charge in [-0.1, -0.05) is 36.8 Å². The third-order valence-corrected chi connectivity index (χ3v) is 6.86. The van der Waals surface area contributed by atoms with Crippen LogP contribution in [0.3, 0.4) is 0 Å². The summed E-state index contributed by atoms with van der Waals surface area (Å²) in [7, 11) is 3.19. The Kier molecular flexibility index (Phi) is 9.84. The van der Waals surface area contributed by atoms with Crippen LogP contribution in [0.5, 0.6) is 17.2 Å². The van der Waals surface area contributed by atoms with Crippen molar-refractivity contribution in [3.05, 3.63) is 83.2 Å². The summed E-state index contributed by atoms with van der Waals surface area (Å²) in [5.41, 5.74) is 5.39. The van der Waals surface area contributed by atoms with E-state index in [1.165, 1.54) is 5.56 Å². The van der Waals surface area contributed by atoms with Crippen molar-refractivity contribution in [2.75, 3.05) is 27.4 Å². The van der Waals surface area contributed by atoms with Gasteiger partial charge in [0.1, 0.15) is 18.2 Å². The fraction of sp³-hybridized carbons (Fsp3) is 0.375. The maximum Gasteiger partial charge on any atom is 0.224 e. The van der Waals surface area contributed by atoms with Crippen LogP contribution in [0.2, 0.25) is 0 Å². The summed E-state index contributed by atoms with van der Waals surface area (Å²) >= 11 is 0. The highest BCUT2D eigenvalue weighted by atomic mass is 16.5. The second-order valence-corrected chi connectivity index (χ2v) is 9.81. The van der Waals surface area contributed by atoms with Crippen molar-refractivity contribution >= 4 is 16.9 Å². The number of methoxy groups -OCH3 is 2. The molecule has 0 aliphatic carbocycles. The van der Waals surface area contributed by atoms with Gasteiger partial charge in [-0.05, 0) is 73.7 Å². The number of imidazole rings is 1. The Balaban J connectivity index is 1.24. The fourth-order valence-corrected chi connectivity index (χ4v) is 4.73.